The van der Waals surface area contributed by atoms with Gasteiger partial charge >= 0.3 is 0 Å². The zero-order valence-corrected chi connectivity index (χ0v) is 18.9. The molecule has 0 aliphatic carbocycles. The Hall–Kier alpha value is -2.08. The van der Waals surface area contributed by atoms with E-state index >= 15 is 0 Å². The molecule has 0 spiro atoms. The third-order valence-corrected chi connectivity index (χ3v) is 6.06. The van der Waals surface area contributed by atoms with Crippen LogP contribution >= 0.6 is 0 Å². The van der Waals surface area contributed by atoms with Crippen molar-refractivity contribution < 1.29 is 4.79 Å². The Morgan fingerprint density at radius 1 is 1.17 bits per heavy atom. The van der Waals surface area contributed by atoms with Crippen LogP contribution in [0.4, 0.5) is 5.69 Å². The topological polar surface area (TPSA) is 68.8 Å². The minimum atomic E-state index is 0.0770. The molecule has 0 bridgehead atoms. The van der Waals surface area contributed by atoms with E-state index in [0.29, 0.717) is 13.0 Å². The van der Waals surface area contributed by atoms with Gasteiger partial charge in [-0.05, 0) is 56.2 Å². The number of hydrogen-bond acceptors (Lipinski definition) is 3. The summed E-state index contributed by atoms with van der Waals surface area (Å²) < 4.78 is 0. The summed E-state index contributed by atoms with van der Waals surface area (Å²) in [5.74, 6) is 2.71. The van der Waals surface area contributed by atoms with Crippen LogP contribution in [0.3, 0.4) is 0 Å². The molecule has 3 rings (SSSR count). The first-order valence-electron chi connectivity index (χ1n) is 11.7. The van der Waals surface area contributed by atoms with Gasteiger partial charge in [0.1, 0.15) is 0 Å². The maximum Gasteiger partial charge on any atom is 0.225 e. The van der Waals surface area contributed by atoms with Crippen LogP contribution in [0.1, 0.15) is 57.9 Å². The SMILES string of the molecule is CCNC(=NCC1CC(=O)Nc2ccccc21)NCCCCN1CC(C)CC(C)C1. The molecule has 3 N–H and O–H groups in total. The number of guanidine groups is 1. The number of rotatable bonds is 8. The Bertz CT molecular complexity index is 709. The van der Waals surface area contributed by atoms with E-state index < -0.39 is 0 Å². The first-order chi connectivity index (χ1) is 14.5. The number of unbranched alkanes of at least 4 members (excludes halogenated alkanes) is 1. The predicted octanol–water partition coefficient (Wildman–Crippen LogP) is 3.43. The van der Waals surface area contributed by atoms with Gasteiger partial charge in [0, 0.05) is 44.2 Å². The lowest BCUT2D eigenvalue weighted by Gasteiger charge is -2.34. The van der Waals surface area contributed by atoms with E-state index in [4.69, 9.17) is 4.99 Å². The van der Waals surface area contributed by atoms with Crippen LogP contribution in [0.25, 0.3) is 0 Å². The Labute approximate surface area is 181 Å². The summed E-state index contributed by atoms with van der Waals surface area (Å²) >= 11 is 0. The van der Waals surface area contributed by atoms with Gasteiger partial charge in [-0.25, -0.2) is 0 Å². The van der Waals surface area contributed by atoms with Crippen molar-refractivity contribution in [2.45, 2.75) is 52.4 Å². The normalized spacial score (nSPS) is 24.8. The molecule has 30 heavy (non-hydrogen) atoms. The summed E-state index contributed by atoms with van der Waals surface area (Å²) in [5, 5.41) is 9.77. The van der Waals surface area contributed by atoms with Crippen molar-refractivity contribution in [1.82, 2.24) is 15.5 Å². The van der Waals surface area contributed by atoms with Crippen LogP contribution in [0.5, 0.6) is 0 Å². The Morgan fingerprint density at radius 2 is 1.93 bits per heavy atom. The fourth-order valence-corrected chi connectivity index (χ4v) is 4.85. The number of benzene rings is 1. The molecule has 1 aromatic rings. The number of nitrogens with one attached hydrogen (secondary N) is 3. The van der Waals surface area contributed by atoms with E-state index in [-0.39, 0.29) is 11.8 Å². The van der Waals surface area contributed by atoms with Crippen molar-refractivity contribution in [3.8, 4) is 0 Å². The Kier molecular flexibility index (Phi) is 8.55. The summed E-state index contributed by atoms with van der Waals surface area (Å²) in [5.41, 5.74) is 2.11. The van der Waals surface area contributed by atoms with Crippen molar-refractivity contribution in [3.05, 3.63) is 29.8 Å². The van der Waals surface area contributed by atoms with Gasteiger partial charge in [0.2, 0.25) is 5.91 Å². The lowest BCUT2D eigenvalue weighted by atomic mass is 9.91. The van der Waals surface area contributed by atoms with Crippen molar-refractivity contribution in [2.24, 2.45) is 16.8 Å². The highest BCUT2D eigenvalue weighted by atomic mass is 16.1. The van der Waals surface area contributed by atoms with Crippen LogP contribution in [0.2, 0.25) is 0 Å². The lowest BCUT2D eigenvalue weighted by molar-refractivity contribution is -0.116. The zero-order valence-electron chi connectivity index (χ0n) is 18.9. The lowest BCUT2D eigenvalue weighted by Crippen LogP contribution is -2.40. The molecule has 1 saturated heterocycles. The van der Waals surface area contributed by atoms with E-state index in [1.54, 1.807) is 0 Å². The molecule has 1 amide bonds. The van der Waals surface area contributed by atoms with E-state index in [1.165, 1.54) is 38.0 Å². The van der Waals surface area contributed by atoms with E-state index in [1.807, 2.05) is 18.2 Å². The average molecular weight is 414 g/mol. The second-order valence-corrected chi connectivity index (χ2v) is 9.10. The molecule has 2 heterocycles. The summed E-state index contributed by atoms with van der Waals surface area (Å²) in [7, 11) is 0. The van der Waals surface area contributed by atoms with Crippen LogP contribution in [0.15, 0.2) is 29.3 Å². The highest BCUT2D eigenvalue weighted by Crippen LogP contribution is 2.32. The highest BCUT2D eigenvalue weighted by Gasteiger charge is 2.24. The molecule has 3 unspecified atom stereocenters. The number of likely N-dealkylation sites (tertiary alicyclic amines) is 1. The van der Waals surface area contributed by atoms with Gasteiger partial charge in [-0.2, -0.15) is 0 Å². The molecule has 0 saturated carbocycles. The second kappa shape index (κ2) is 11.3. The molecule has 6 nitrogen and oxygen atoms in total. The van der Waals surface area contributed by atoms with Gasteiger partial charge in [-0.15, -0.1) is 0 Å². The van der Waals surface area contributed by atoms with Crippen molar-refractivity contribution >= 4 is 17.6 Å². The molecular weight excluding hydrogens is 374 g/mol. The van der Waals surface area contributed by atoms with Crippen LogP contribution in [0, 0.1) is 11.8 Å². The molecule has 1 aromatic carbocycles. The number of carbonyl (C=O) groups excluding carboxylic acids is 1. The van der Waals surface area contributed by atoms with E-state index in [2.05, 4.69) is 47.7 Å². The molecule has 3 atom stereocenters. The van der Waals surface area contributed by atoms with Crippen LogP contribution < -0.4 is 16.0 Å². The summed E-state index contributed by atoms with van der Waals surface area (Å²) in [6, 6.07) is 8.05. The first kappa shape index (κ1) is 22.6. The molecule has 0 radical (unpaired) electrons. The smallest absolute Gasteiger partial charge is 0.225 e. The quantitative estimate of drug-likeness (QED) is 0.347. The third-order valence-electron chi connectivity index (χ3n) is 6.06. The Morgan fingerprint density at radius 3 is 2.70 bits per heavy atom. The molecule has 1 fully saturated rings. The molecule has 166 valence electrons. The fourth-order valence-electron chi connectivity index (χ4n) is 4.85. The minimum absolute atomic E-state index is 0.0770. The number of para-hydroxylation sites is 1. The first-order valence-corrected chi connectivity index (χ1v) is 11.7. The Balaban J connectivity index is 1.44. The third kappa shape index (κ3) is 6.73. The van der Waals surface area contributed by atoms with Gasteiger partial charge < -0.3 is 20.9 Å². The predicted molar refractivity (Wildman–Crippen MR) is 125 cm³/mol. The number of hydrogen-bond donors (Lipinski definition) is 3. The molecule has 2 aliphatic rings. The average Bonchev–Trinajstić information content (AvgIpc) is 2.70. The van der Waals surface area contributed by atoms with Crippen LogP contribution in [-0.2, 0) is 4.79 Å². The maximum absolute atomic E-state index is 12.0. The number of amides is 1. The number of nitrogens with zero attached hydrogens (tertiary/aromatic N) is 2. The second-order valence-electron chi connectivity index (χ2n) is 9.10. The highest BCUT2D eigenvalue weighted by molar-refractivity contribution is 5.94. The van der Waals surface area contributed by atoms with Gasteiger partial charge in [0.25, 0.3) is 0 Å². The minimum Gasteiger partial charge on any atom is -0.357 e. The summed E-state index contributed by atoms with van der Waals surface area (Å²) in [6.07, 6.45) is 4.21. The van der Waals surface area contributed by atoms with Gasteiger partial charge in [-0.3, -0.25) is 9.79 Å². The standard InChI is InChI=1S/C24H39N5O/c1-4-25-24(26-11-7-8-12-29-16-18(2)13-19(3)17-29)27-15-20-14-23(30)28-22-10-6-5-9-21(20)22/h5-6,9-10,18-20H,4,7-8,11-17H2,1-3H3,(H,28,30)(H2,25,26,27). The molecule has 6 heteroatoms. The number of anilines is 1. The fraction of sp³-hybridized carbons (Fsp3) is 0.667. The maximum atomic E-state index is 12.0. The summed E-state index contributed by atoms with van der Waals surface area (Å²) in [6.45, 7) is 12.9. The number of piperidine rings is 1. The summed E-state index contributed by atoms with van der Waals surface area (Å²) in [4.78, 5) is 19.4. The molecule has 2 aliphatic heterocycles. The van der Waals surface area contributed by atoms with Gasteiger partial charge in [0.05, 0.1) is 6.54 Å². The van der Waals surface area contributed by atoms with Crippen molar-refractivity contribution in [2.75, 3.05) is 44.6 Å². The largest absolute Gasteiger partial charge is 0.357 e. The van der Waals surface area contributed by atoms with Gasteiger partial charge in [-0.1, -0.05) is 32.0 Å². The molecule has 0 aromatic heterocycles. The zero-order chi connectivity index (χ0) is 21.3. The van der Waals surface area contributed by atoms with Crippen molar-refractivity contribution in [1.29, 1.82) is 0 Å². The number of carbonyl (C=O) groups is 1. The number of fused-ring (bicyclic) bond motifs is 1. The van der Waals surface area contributed by atoms with Crippen molar-refractivity contribution in [3.63, 3.8) is 0 Å². The van der Waals surface area contributed by atoms with Gasteiger partial charge in [0.15, 0.2) is 5.96 Å². The molecular formula is C24H39N5O. The van der Waals surface area contributed by atoms with Crippen LogP contribution in [-0.4, -0.2) is 56.0 Å². The van der Waals surface area contributed by atoms with E-state index in [9.17, 15) is 4.79 Å². The monoisotopic (exact) mass is 413 g/mol. The number of aliphatic imine (C=N–C) groups is 1. The van der Waals surface area contributed by atoms with E-state index in [0.717, 1.165) is 43.0 Å².